The van der Waals surface area contributed by atoms with Gasteiger partial charge < -0.3 is 4.74 Å². The number of ether oxygens (including phenoxy) is 1. The van der Waals surface area contributed by atoms with Gasteiger partial charge in [0.25, 0.3) is 0 Å². The van der Waals surface area contributed by atoms with Gasteiger partial charge in [-0.15, -0.1) is 11.3 Å². The first-order valence-corrected chi connectivity index (χ1v) is 9.74. The van der Waals surface area contributed by atoms with E-state index in [1.165, 1.54) is 67.9 Å². The van der Waals surface area contributed by atoms with Crippen molar-refractivity contribution in [3.63, 3.8) is 0 Å². The lowest BCUT2D eigenvalue weighted by atomic mass is 9.88. The van der Waals surface area contributed by atoms with Gasteiger partial charge in [-0.1, -0.05) is 39.0 Å². The number of thiophene rings is 1. The molecule has 1 saturated carbocycles. The highest BCUT2D eigenvalue weighted by molar-refractivity contribution is 7.19. The first-order chi connectivity index (χ1) is 10.8. The summed E-state index contributed by atoms with van der Waals surface area (Å²) in [7, 11) is 1.76. The number of methoxy groups -OCH3 is 1. The van der Waals surface area contributed by atoms with Crippen molar-refractivity contribution < 1.29 is 4.74 Å². The van der Waals surface area contributed by atoms with Crippen LogP contribution in [0.25, 0.3) is 10.1 Å². The van der Waals surface area contributed by atoms with Gasteiger partial charge in [-0.2, -0.15) is 0 Å². The molecule has 0 amide bonds. The van der Waals surface area contributed by atoms with Crippen molar-refractivity contribution in [2.45, 2.75) is 70.6 Å². The molecule has 0 bridgehead atoms. The maximum absolute atomic E-state index is 5.42. The Morgan fingerprint density at radius 1 is 1.14 bits per heavy atom. The van der Waals surface area contributed by atoms with Gasteiger partial charge in [0.05, 0.1) is 7.11 Å². The molecular weight excluding hydrogens is 288 g/mol. The highest BCUT2D eigenvalue weighted by Crippen LogP contribution is 2.43. The second kappa shape index (κ2) is 7.50. The quantitative estimate of drug-likeness (QED) is 0.558. The molecule has 0 N–H and O–H groups in total. The van der Waals surface area contributed by atoms with E-state index in [4.69, 9.17) is 4.74 Å². The molecule has 1 aromatic carbocycles. The minimum Gasteiger partial charge on any atom is -0.497 e. The summed E-state index contributed by atoms with van der Waals surface area (Å²) in [5.41, 5.74) is 1.69. The van der Waals surface area contributed by atoms with Crippen LogP contribution in [0, 0.1) is 0 Å². The Morgan fingerprint density at radius 2 is 1.91 bits per heavy atom. The van der Waals surface area contributed by atoms with Crippen molar-refractivity contribution in [3.8, 4) is 5.75 Å². The van der Waals surface area contributed by atoms with E-state index in [1.54, 1.807) is 17.6 Å². The van der Waals surface area contributed by atoms with Gasteiger partial charge in [0.1, 0.15) is 5.75 Å². The van der Waals surface area contributed by atoms with Crippen molar-refractivity contribution in [1.82, 2.24) is 0 Å². The normalized spacial score (nSPS) is 16.8. The van der Waals surface area contributed by atoms with Crippen molar-refractivity contribution in [2.75, 3.05) is 7.11 Å². The molecule has 2 aromatic rings. The first-order valence-electron chi connectivity index (χ1n) is 8.92. The van der Waals surface area contributed by atoms with E-state index in [0.717, 1.165) is 11.7 Å². The lowest BCUT2D eigenvalue weighted by molar-refractivity contribution is 0.415. The lowest BCUT2D eigenvalue weighted by Crippen LogP contribution is -2.00. The molecular formula is C20H28OS. The number of unbranched alkanes of at least 4 members (excludes halogenated alkanes) is 1. The zero-order chi connectivity index (χ0) is 15.4. The molecule has 1 aliphatic rings. The van der Waals surface area contributed by atoms with E-state index in [9.17, 15) is 0 Å². The maximum atomic E-state index is 5.42. The molecule has 0 spiro atoms. The second-order valence-corrected chi connectivity index (χ2v) is 7.73. The molecule has 2 heteroatoms. The van der Waals surface area contributed by atoms with Gasteiger partial charge in [-0.3, -0.25) is 0 Å². The van der Waals surface area contributed by atoms with Crippen LogP contribution in [0.5, 0.6) is 5.75 Å². The fraction of sp³-hybridized carbons (Fsp3) is 0.600. The summed E-state index contributed by atoms with van der Waals surface area (Å²) in [6.07, 6.45) is 12.3. The Kier molecular flexibility index (Phi) is 5.41. The topological polar surface area (TPSA) is 9.23 Å². The van der Waals surface area contributed by atoms with Crippen LogP contribution in [0.4, 0.5) is 0 Å². The van der Waals surface area contributed by atoms with Crippen LogP contribution in [0.2, 0.25) is 0 Å². The Hall–Kier alpha value is -1.02. The van der Waals surface area contributed by atoms with Crippen LogP contribution in [0.15, 0.2) is 18.2 Å². The van der Waals surface area contributed by atoms with Crippen LogP contribution in [-0.2, 0) is 6.42 Å². The number of fused-ring (bicyclic) bond motifs is 1. The van der Waals surface area contributed by atoms with Crippen LogP contribution in [0.3, 0.4) is 0 Å². The fourth-order valence-electron chi connectivity index (χ4n) is 3.81. The minimum atomic E-state index is 0.788. The smallest absolute Gasteiger partial charge is 0.120 e. The molecule has 1 heterocycles. The fourth-order valence-corrected chi connectivity index (χ4v) is 5.17. The first kappa shape index (κ1) is 15.9. The summed E-state index contributed by atoms with van der Waals surface area (Å²) in [5.74, 6) is 1.78. The molecule has 1 fully saturated rings. The van der Waals surface area contributed by atoms with Crippen LogP contribution >= 0.6 is 11.3 Å². The highest BCUT2D eigenvalue weighted by atomic mass is 32.1. The van der Waals surface area contributed by atoms with Gasteiger partial charge in [-0.05, 0) is 60.7 Å². The van der Waals surface area contributed by atoms with Gasteiger partial charge in [0.2, 0.25) is 0 Å². The van der Waals surface area contributed by atoms with E-state index in [1.807, 2.05) is 11.3 Å². The van der Waals surface area contributed by atoms with E-state index < -0.39 is 0 Å². The maximum Gasteiger partial charge on any atom is 0.120 e. The standard InChI is InChI=1S/C20H28OS/c1-3-4-11-18-20(15-9-7-5-6-8-10-15)17-13-12-16(21-2)14-19(17)22-18/h12-15H,3-11H2,1-2H3. The number of hydrogen-bond donors (Lipinski definition) is 0. The van der Waals surface area contributed by atoms with Crippen molar-refractivity contribution in [3.05, 3.63) is 28.6 Å². The van der Waals surface area contributed by atoms with Crippen molar-refractivity contribution in [2.24, 2.45) is 0 Å². The molecule has 1 aromatic heterocycles. The summed E-state index contributed by atoms with van der Waals surface area (Å²) >= 11 is 2.01. The molecule has 0 atom stereocenters. The minimum absolute atomic E-state index is 0.788. The third-order valence-electron chi connectivity index (χ3n) is 5.03. The van der Waals surface area contributed by atoms with Crippen molar-refractivity contribution >= 4 is 21.4 Å². The summed E-state index contributed by atoms with van der Waals surface area (Å²) in [6, 6.07) is 6.68. The predicted octanol–water partition coefficient (Wildman–Crippen LogP) is 6.69. The van der Waals surface area contributed by atoms with E-state index in [0.29, 0.717) is 0 Å². The largest absolute Gasteiger partial charge is 0.497 e. The van der Waals surface area contributed by atoms with Gasteiger partial charge in [0.15, 0.2) is 0 Å². The van der Waals surface area contributed by atoms with Gasteiger partial charge in [-0.25, -0.2) is 0 Å². The third-order valence-corrected chi connectivity index (χ3v) is 6.26. The second-order valence-electron chi connectivity index (χ2n) is 6.59. The molecule has 1 aliphatic carbocycles. The van der Waals surface area contributed by atoms with Gasteiger partial charge >= 0.3 is 0 Å². The number of hydrogen-bond acceptors (Lipinski definition) is 2. The Morgan fingerprint density at radius 3 is 2.59 bits per heavy atom. The average molecular weight is 317 g/mol. The Labute approximate surface area is 138 Å². The van der Waals surface area contributed by atoms with Crippen molar-refractivity contribution in [1.29, 1.82) is 0 Å². The number of benzene rings is 1. The molecule has 22 heavy (non-hydrogen) atoms. The molecule has 3 rings (SSSR count). The lowest BCUT2D eigenvalue weighted by Gasteiger charge is -2.16. The molecule has 120 valence electrons. The summed E-state index contributed by atoms with van der Waals surface area (Å²) in [4.78, 5) is 1.65. The molecule has 0 saturated heterocycles. The van der Waals surface area contributed by atoms with Crippen LogP contribution in [0.1, 0.15) is 74.6 Å². The molecule has 1 nitrogen and oxygen atoms in total. The molecule has 0 aliphatic heterocycles. The Balaban J connectivity index is 2.02. The van der Waals surface area contributed by atoms with Gasteiger partial charge in [0, 0.05) is 9.58 Å². The summed E-state index contributed by atoms with van der Waals surface area (Å²) in [5, 5.41) is 1.50. The van der Waals surface area contributed by atoms with E-state index in [-0.39, 0.29) is 0 Å². The predicted molar refractivity (Wildman–Crippen MR) is 97.4 cm³/mol. The highest BCUT2D eigenvalue weighted by Gasteiger charge is 2.22. The monoisotopic (exact) mass is 316 g/mol. The third kappa shape index (κ3) is 3.32. The number of aryl methyl sites for hydroxylation is 1. The zero-order valence-corrected chi connectivity index (χ0v) is 14.8. The summed E-state index contributed by atoms with van der Waals surface area (Å²) in [6.45, 7) is 2.29. The number of rotatable bonds is 5. The zero-order valence-electron chi connectivity index (χ0n) is 14.0. The molecule has 0 unspecified atom stereocenters. The van der Waals surface area contributed by atoms with Crippen LogP contribution in [-0.4, -0.2) is 7.11 Å². The average Bonchev–Trinajstić information content (AvgIpc) is 2.72. The summed E-state index contributed by atoms with van der Waals surface area (Å²) < 4.78 is 6.85. The van der Waals surface area contributed by atoms with Crippen LogP contribution < -0.4 is 4.74 Å². The van der Waals surface area contributed by atoms with E-state index in [2.05, 4.69) is 25.1 Å². The Bertz CT molecular complexity index is 605. The molecule has 0 radical (unpaired) electrons. The van der Waals surface area contributed by atoms with E-state index >= 15 is 0 Å². The SMILES string of the molecule is CCCCc1sc2cc(OC)ccc2c1C1CCCCCC1.